The molecule has 0 saturated carbocycles. The minimum absolute atomic E-state index is 0. The molecule has 3 nitrogen and oxygen atoms in total. The molecule has 0 bridgehead atoms. The van der Waals surface area contributed by atoms with Crippen LogP contribution >= 0.6 is 12.4 Å². The highest BCUT2D eigenvalue weighted by atomic mass is 35.5. The lowest BCUT2D eigenvalue weighted by atomic mass is 10.1. The number of fused-ring (bicyclic) bond motifs is 1. The Morgan fingerprint density at radius 2 is 1.75 bits per heavy atom. The van der Waals surface area contributed by atoms with E-state index in [0.29, 0.717) is 5.95 Å². The zero-order chi connectivity index (χ0) is 13.1. The van der Waals surface area contributed by atoms with Crippen LogP contribution in [0.3, 0.4) is 0 Å². The lowest BCUT2D eigenvalue weighted by molar-refractivity contribution is 1.13. The number of nitrogens with zero attached hydrogens (tertiary/aromatic N) is 2. The molecule has 3 rings (SSSR count). The molecule has 0 spiro atoms. The Balaban J connectivity index is 0.00000147. The van der Waals surface area contributed by atoms with Gasteiger partial charge in [0.15, 0.2) is 0 Å². The van der Waals surface area contributed by atoms with Gasteiger partial charge >= 0.3 is 0 Å². The minimum Gasteiger partial charge on any atom is -0.324 e. The highest BCUT2D eigenvalue weighted by molar-refractivity contribution is 5.85. The van der Waals surface area contributed by atoms with Crippen molar-refractivity contribution in [3.63, 3.8) is 0 Å². The van der Waals surface area contributed by atoms with Crippen molar-refractivity contribution in [3.05, 3.63) is 60.3 Å². The second-order valence-corrected chi connectivity index (χ2v) is 4.39. The largest absolute Gasteiger partial charge is 0.324 e. The molecule has 0 amide bonds. The fraction of sp³-hybridized carbons (Fsp3) is 0.125. The molecule has 20 heavy (non-hydrogen) atoms. The number of hydrogen-bond acceptors (Lipinski definition) is 3. The highest BCUT2D eigenvalue weighted by Gasteiger charge is 2.03. The van der Waals surface area contributed by atoms with Crippen LogP contribution in [0, 0.1) is 0 Å². The lowest BCUT2D eigenvalue weighted by Crippen LogP contribution is -1.99. The number of nitrogens with one attached hydrogen (secondary N) is 1. The van der Waals surface area contributed by atoms with Gasteiger partial charge in [0.2, 0.25) is 5.95 Å². The summed E-state index contributed by atoms with van der Waals surface area (Å²) in [6.45, 7) is 2.14. The average molecular weight is 286 g/mol. The van der Waals surface area contributed by atoms with Crippen LogP contribution < -0.4 is 5.32 Å². The quantitative estimate of drug-likeness (QED) is 0.777. The number of anilines is 2. The minimum atomic E-state index is 0. The van der Waals surface area contributed by atoms with Crippen LogP contribution in [-0.4, -0.2) is 9.97 Å². The lowest BCUT2D eigenvalue weighted by Gasteiger charge is -2.09. The Morgan fingerprint density at radius 3 is 2.60 bits per heavy atom. The third-order valence-electron chi connectivity index (χ3n) is 3.13. The van der Waals surface area contributed by atoms with E-state index in [1.807, 2.05) is 42.6 Å². The van der Waals surface area contributed by atoms with Gasteiger partial charge in [-0.05, 0) is 24.1 Å². The maximum absolute atomic E-state index is 4.52. The van der Waals surface area contributed by atoms with Crippen molar-refractivity contribution in [2.45, 2.75) is 13.3 Å². The van der Waals surface area contributed by atoms with E-state index in [4.69, 9.17) is 0 Å². The van der Waals surface area contributed by atoms with Crippen LogP contribution in [0.5, 0.6) is 0 Å². The first-order valence-corrected chi connectivity index (χ1v) is 6.43. The maximum atomic E-state index is 4.52. The molecule has 102 valence electrons. The molecule has 4 heteroatoms. The second kappa shape index (κ2) is 6.35. The molecule has 1 aromatic heterocycles. The number of aromatic nitrogens is 2. The van der Waals surface area contributed by atoms with Crippen LogP contribution in [0.15, 0.2) is 54.7 Å². The Hall–Kier alpha value is -2.13. The van der Waals surface area contributed by atoms with E-state index >= 15 is 0 Å². The molecule has 0 saturated heterocycles. The van der Waals surface area contributed by atoms with Gasteiger partial charge in [-0.1, -0.05) is 43.3 Å². The van der Waals surface area contributed by atoms with E-state index in [9.17, 15) is 0 Å². The number of aryl methyl sites for hydroxylation is 1. The van der Waals surface area contributed by atoms with Crippen molar-refractivity contribution < 1.29 is 0 Å². The van der Waals surface area contributed by atoms with E-state index in [2.05, 4.69) is 34.3 Å². The first kappa shape index (κ1) is 14.3. The Kier molecular flexibility index (Phi) is 4.53. The van der Waals surface area contributed by atoms with E-state index in [0.717, 1.165) is 23.0 Å². The number of rotatable bonds is 3. The third kappa shape index (κ3) is 2.89. The first-order chi connectivity index (χ1) is 9.36. The molecule has 0 atom stereocenters. The van der Waals surface area contributed by atoms with Gasteiger partial charge in [-0.2, -0.15) is 0 Å². The number of hydrogen-bond donors (Lipinski definition) is 1. The van der Waals surface area contributed by atoms with Crippen LogP contribution in [-0.2, 0) is 6.42 Å². The van der Waals surface area contributed by atoms with Crippen molar-refractivity contribution in [1.29, 1.82) is 0 Å². The number of para-hydroxylation sites is 2. The summed E-state index contributed by atoms with van der Waals surface area (Å²) in [6.07, 6.45) is 2.83. The molecule has 0 radical (unpaired) electrons. The smallest absolute Gasteiger partial charge is 0.227 e. The summed E-state index contributed by atoms with van der Waals surface area (Å²) in [5.74, 6) is 0.639. The predicted octanol–water partition coefficient (Wildman–Crippen LogP) is 4.36. The summed E-state index contributed by atoms with van der Waals surface area (Å²) in [7, 11) is 0. The molecule has 3 aromatic rings. The van der Waals surface area contributed by atoms with Gasteiger partial charge in [0.05, 0.1) is 5.52 Å². The SMILES string of the molecule is CCc1ccccc1Nc1ncc2ccccc2n1.Cl. The Labute approximate surface area is 124 Å². The maximum Gasteiger partial charge on any atom is 0.227 e. The summed E-state index contributed by atoms with van der Waals surface area (Å²) in [6, 6.07) is 16.2. The summed E-state index contributed by atoms with van der Waals surface area (Å²) in [5, 5.41) is 4.35. The molecule has 2 aromatic carbocycles. The molecule has 0 unspecified atom stereocenters. The van der Waals surface area contributed by atoms with Gasteiger partial charge in [0.1, 0.15) is 0 Å². The zero-order valence-electron chi connectivity index (χ0n) is 11.2. The van der Waals surface area contributed by atoms with Crippen LogP contribution in [0.1, 0.15) is 12.5 Å². The van der Waals surface area contributed by atoms with Gasteiger partial charge < -0.3 is 5.32 Å². The van der Waals surface area contributed by atoms with Crippen molar-refractivity contribution in [2.75, 3.05) is 5.32 Å². The zero-order valence-corrected chi connectivity index (χ0v) is 12.0. The first-order valence-electron chi connectivity index (χ1n) is 6.43. The summed E-state index contributed by atoms with van der Waals surface area (Å²) in [5.41, 5.74) is 3.29. The summed E-state index contributed by atoms with van der Waals surface area (Å²) < 4.78 is 0. The normalized spacial score (nSPS) is 10.1. The fourth-order valence-corrected chi connectivity index (χ4v) is 2.10. The molecule has 1 heterocycles. The molecular formula is C16H16ClN3. The average Bonchev–Trinajstić information content (AvgIpc) is 2.48. The predicted molar refractivity (Wildman–Crippen MR) is 85.9 cm³/mol. The fourth-order valence-electron chi connectivity index (χ4n) is 2.10. The van der Waals surface area contributed by atoms with Crippen LogP contribution in [0.2, 0.25) is 0 Å². The molecule has 0 aliphatic rings. The number of benzene rings is 2. The molecule has 1 N–H and O–H groups in total. The topological polar surface area (TPSA) is 37.8 Å². The van der Waals surface area contributed by atoms with E-state index in [1.165, 1.54) is 5.56 Å². The molecule has 0 fully saturated rings. The summed E-state index contributed by atoms with van der Waals surface area (Å²) >= 11 is 0. The Morgan fingerprint density at radius 1 is 1.00 bits per heavy atom. The third-order valence-corrected chi connectivity index (χ3v) is 3.13. The summed E-state index contributed by atoms with van der Waals surface area (Å²) in [4.78, 5) is 8.88. The molecule has 0 aliphatic carbocycles. The molecular weight excluding hydrogens is 270 g/mol. The van der Waals surface area contributed by atoms with Crippen molar-refractivity contribution >= 4 is 34.9 Å². The van der Waals surface area contributed by atoms with E-state index < -0.39 is 0 Å². The monoisotopic (exact) mass is 285 g/mol. The van der Waals surface area contributed by atoms with Crippen molar-refractivity contribution in [3.8, 4) is 0 Å². The highest BCUT2D eigenvalue weighted by Crippen LogP contribution is 2.20. The van der Waals surface area contributed by atoms with Crippen molar-refractivity contribution in [2.24, 2.45) is 0 Å². The molecule has 0 aliphatic heterocycles. The van der Waals surface area contributed by atoms with Crippen LogP contribution in [0.25, 0.3) is 10.9 Å². The van der Waals surface area contributed by atoms with Gasteiger partial charge in [-0.25, -0.2) is 9.97 Å². The van der Waals surface area contributed by atoms with E-state index in [-0.39, 0.29) is 12.4 Å². The van der Waals surface area contributed by atoms with Crippen molar-refractivity contribution in [1.82, 2.24) is 9.97 Å². The van der Waals surface area contributed by atoms with E-state index in [1.54, 1.807) is 0 Å². The van der Waals surface area contributed by atoms with Gasteiger partial charge in [0, 0.05) is 17.3 Å². The number of halogens is 1. The van der Waals surface area contributed by atoms with Gasteiger partial charge in [-0.15, -0.1) is 12.4 Å². The van der Waals surface area contributed by atoms with Gasteiger partial charge in [0.25, 0.3) is 0 Å². The second-order valence-electron chi connectivity index (χ2n) is 4.39. The van der Waals surface area contributed by atoms with Crippen LogP contribution in [0.4, 0.5) is 11.6 Å². The van der Waals surface area contributed by atoms with Gasteiger partial charge in [-0.3, -0.25) is 0 Å². The standard InChI is InChI=1S/C16H15N3.ClH/c1-2-12-7-3-5-9-14(12)18-16-17-11-13-8-4-6-10-15(13)19-16;/h3-11H,2H2,1H3,(H,17,18,19);1H. The Bertz CT molecular complexity index is 713.